The summed E-state index contributed by atoms with van der Waals surface area (Å²) in [4.78, 5) is 11.6. The number of allylic oxidation sites excluding steroid dienone is 1. The molecule has 1 heterocycles. The normalized spacial score (nSPS) is 17.9. The Morgan fingerprint density at radius 2 is 2.33 bits per heavy atom. The fourth-order valence-corrected chi connectivity index (χ4v) is 3.41. The van der Waals surface area contributed by atoms with Gasteiger partial charge in [0.25, 0.3) is 0 Å². The molecule has 0 fully saturated rings. The third kappa shape index (κ3) is 3.39. The minimum absolute atomic E-state index is 0.124. The Hall–Kier alpha value is -1.22. The number of fused-ring (bicyclic) bond motifs is 1. The van der Waals surface area contributed by atoms with Crippen LogP contribution in [0.5, 0.6) is 0 Å². The third-order valence-corrected chi connectivity index (χ3v) is 4.42. The van der Waals surface area contributed by atoms with Crippen molar-refractivity contribution < 1.29 is 4.79 Å². The lowest BCUT2D eigenvalue weighted by Gasteiger charge is -2.25. The van der Waals surface area contributed by atoms with Gasteiger partial charge in [-0.05, 0) is 29.7 Å². The van der Waals surface area contributed by atoms with E-state index in [9.17, 15) is 4.79 Å². The molecule has 0 spiro atoms. The number of hydrogen-bond donors (Lipinski definition) is 1. The van der Waals surface area contributed by atoms with Gasteiger partial charge in [0.1, 0.15) is 0 Å². The zero-order chi connectivity index (χ0) is 12.8. The van der Waals surface area contributed by atoms with E-state index in [1.165, 1.54) is 11.1 Å². The number of nitrogens with one attached hydrogen (secondary N) is 1. The SMILES string of the molecule is C=CCCC(=O)NC[C@H]1SCCc2ccccc21. The van der Waals surface area contributed by atoms with Crippen LogP contribution in [0.2, 0.25) is 0 Å². The van der Waals surface area contributed by atoms with Crippen LogP contribution in [0.4, 0.5) is 0 Å². The molecule has 0 saturated carbocycles. The van der Waals surface area contributed by atoms with E-state index in [4.69, 9.17) is 0 Å². The second-order valence-electron chi connectivity index (χ2n) is 4.44. The molecule has 0 saturated heterocycles. The number of amides is 1. The molecule has 2 rings (SSSR count). The van der Waals surface area contributed by atoms with E-state index in [2.05, 4.69) is 36.2 Å². The fourth-order valence-electron chi connectivity index (χ4n) is 2.17. The number of rotatable bonds is 5. The van der Waals surface area contributed by atoms with E-state index in [0.717, 1.165) is 25.1 Å². The van der Waals surface area contributed by atoms with E-state index in [1.807, 2.05) is 11.8 Å². The Kier molecular flexibility index (Phi) is 4.88. The quantitative estimate of drug-likeness (QED) is 0.825. The monoisotopic (exact) mass is 261 g/mol. The van der Waals surface area contributed by atoms with E-state index in [1.54, 1.807) is 6.08 Å². The van der Waals surface area contributed by atoms with Crippen molar-refractivity contribution >= 4 is 17.7 Å². The zero-order valence-electron chi connectivity index (χ0n) is 10.5. The van der Waals surface area contributed by atoms with Gasteiger partial charge in [0.15, 0.2) is 0 Å². The van der Waals surface area contributed by atoms with Gasteiger partial charge in [0, 0.05) is 18.2 Å². The van der Waals surface area contributed by atoms with Crippen molar-refractivity contribution in [1.29, 1.82) is 0 Å². The maximum atomic E-state index is 11.6. The van der Waals surface area contributed by atoms with Crippen molar-refractivity contribution in [3.8, 4) is 0 Å². The van der Waals surface area contributed by atoms with Crippen LogP contribution in [0.1, 0.15) is 29.2 Å². The standard InChI is InChI=1S/C15H19NOS/c1-2-3-8-15(17)16-11-14-13-7-5-4-6-12(13)9-10-18-14/h2,4-7,14H,1,3,8-11H2,(H,16,17)/t14-/m1/s1. The molecule has 0 aliphatic carbocycles. The van der Waals surface area contributed by atoms with Crippen molar-refractivity contribution in [2.24, 2.45) is 0 Å². The summed E-state index contributed by atoms with van der Waals surface area (Å²) < 4.78 is 0. The van der Waals surface area contributed by atoms with Crippen LogP contribution in [0, 0.1) is 0 Å². The molecule has 0 aromatic heterocycles. The highest BCUT2D eigenvalue weighted by molar-refractivity contribution is 7.99. The molecule has 0 bridgehead atoms. The van der Waals surface area contributed by atoms with E-state index >= 15 is 0 Å². The van der Waals surface area contributed by atoms with Gasteiger partial charge in [0.2, 0.25) is 5.91 Å². The summed E-state index contributed by atoms with van der Waals surface area (Å²) in [5.41, 5.74) is 2.82. The summed E-state index contributed by atoms with van der Waals surface area (Å²) in [6.07, 6.45) is 4.22. The fraction of sp³-hybridized carbons (Fsp3) is 0.400. The van der Waals surface area contributed by atoms with Crippen LogP contribution in [0.3, 0.4) is 0 Å². The van der Waals surface area contributed by atoms with E-state index in [0.29, 0.717) is 11.7 Å². The third-order valence-electron chi connectivity index (χ3n) is 3.15. The minimum Gasteiger partial charge on any atom is -0.355 e. The summed E-state index contributed by atoms with van der Waals surface area (Å²) in [5.74, 6) is 1.27. The highest BCUT2D eigenvalue weighted by Gasteiger charge is 2.20. The van der Waals surface area contributed by atoms with Crippen molar-refractivity contribution in [2.75, 3.05) is 12.3 Å². The van der Waals surface area contributed by atoms with Gasteiger partial charge in [-0.15, -0.1) is 6.58 Å². The van der Waals surface area contributed by atoms with Gasteiger partial charge < -0.3 is 5.32 Å². The lowest BCUT2D eigenvalue weighted by Crippen LogP contribution is -2.28. The lowest BCUT2D eigenvalue weighted by atomic mass is 10.0. The number of aryl methyl sites for hydroxylation is 1. The van der Waals surface area contributed by atoms with Crippen LogP contribution in [-0.2, 0) is 11.2 Å². The number of hydrogen-bond acceptors (Lipinski definition) is 2. The first-order valence-electron chi connectivity index (χ1n) is 6.38. The van der Waals surface area contributed by atoms with Crippen LogP contribution < -0.4 is 5.32 Å². The smallest absolute Gasteiger partial charge is 0.220 e. The molecule has 1 atom stereocenters. The van der Waals surface area contributed by atoms with Crippen molar-refractivity contribution in [3.05, 3.63) is 48.0 Å². The largest absolute Gasteiger partial charge is 0.355 e. The number of carbonyl (C=O) groups is 1. The van der Waals surface area contributed by atoms with Crippen molar-refractivity contribution in [3.63, 3.8) is 0 Å². The molecular weight excluding hydrogens is 242 g/mol. The maximum Gasteiger partial charge on any atom is 0.220 e. The van der Waals surface area contributed by atoms with Crippen LogP contribution in [0.25, 0.3) is 0 Å². The van der Waals surface area contributed by atoms with Gasteiger partial charge >= 0.3 is 0 Å². The molecule has 2 nitrogen and oxygen atoms in total. The number of benzene rings is 1. The van der Waals surface area contributed by atoms with Gasteiger partial charge in [-0.2, -0.15) is 11.8 Å². The summed E-state index contributed by atoms with van der Waals surface area (Å²) >= 11 is 1.94. The molecule has 1 aromatic rings. The zero-order valence-corrected chi connectivity index (χ0v) is 11.3. The molecule has 1 aliphatic rings. The summed E-state index contributed by atoms with van der Waals surface area (Å²) in [7, 11) is 0. The Labute approximate surface area is 113 Å². The molecule has 1 amide bonds. The van der Waals surface area contributed by atoms with E-state index in [-0.39, 0.29) is 5.91 Å². The van der Waals surface area contributed by atoms with Crippen LogP contribution in [-0.4, -0.2) is 18.2 Å². The summed E-state index contributed by atoms with van der Waals surface area (Å²) in [6, 6.07) is 8.55. The number of carbonyl (C=O) groups excluding carboxylic acids is 1. The second kappa shape index (κ2) is 6.64. The van der Waals surface area contributed by atoms with Gasteiger partial charge in [-0.1, -0.05) is 30.3 Å². The first-order valence-corrected chi connectivity index (χ1v) is 7.43. The van der Waals surface area contributed by atoms with Gasteiger partial charge in [-0.3, -0.25) is 4.79 Å². The van der Waals surface area contributed by atoms with Gasteiger partial charge in [0.05, 0.1) is 0 Å². The molecule has 0 radical (unpaired) electrons. The van der Waals surface area contributed by atoms with E-state index < -0.39 is 0 Å². The van der Waals surface area contributed by atoms with Crippen molar-refractivity contribution in [2.45, 2.75) is 24.5 Å². The first-order chi connectivity index (χ1) is 8.81. The summed E-state index contributed by atoms with van der Waals surface area (Å²) in [5, 5.41) is 3.43. The molecular formula is C15H19NOS. The summed E-state index contributed by atoms with van der Waals surface area (Å²) in [6.45, 7) is 4.36. The molecule has 18 heavy (non-hydrogen) atoms. The number of thioether (sulfide) groups is 1. The van der Waals surface area contributed by atoms with Crippen LogP contribution in [0.15, 0.2) is 36.9 Å². The topological polar surface area (TPSA) is 29.1 Å². The lowest BCUT2D eigenvalue weighted by molar-refractivity contribution is -0.120. The molecule has 3 heteroatoms. The van der Waals surface area contributed by atoms with Crippen molar-refractivity contribution in [1.82, 2.24) is 5.32 Å². The maximum absolute atomic E-state index is 11.6. The molecule has 0 unspecified atom stereocenters. The average Bonchev–Trinajstić information content (AvgIpc) is 2.42. The average molecular weight is 261 g/mol. The Morgan fingerprint density at radius 1 is 1.50 bits per heavy atom. The first kappa shape index (κ1) is 13.2. The highest BCUT2D eigenvalue weighted by atomic mass is 32.2. The molecule has 1 aromatic carbocycles. The predicted octanol–water partition coefficient (Wildman–Crippen LogP) is 3.10. The molecule has 1 N–H and O–H groups in total. The molecule has 1 aliphatic heterocycles. The Bertz CT molecular complexity index is 430. The Morgan fingerprint density at radius 3 is 3.17 bits per heavy atom. The highest BCUT2D eigenvalue weighted by Crippen LogP contribution is 2.35. The predicted molar refractivity (Wildman–Crippen MR) is 77.8 cm³/mol. The Balaban J connectivity index is 1.91. The second-order valence-corrected chi connectivity index (χ2v) is 5.75. The van der Waals surface area contributed by atoms with Crippen LogP contribution >= 0.6 is 11.8 Å². The van der Waals surface area contributed by atoms with Gasteiger partial charge in [-0.25, -0.2) is 0 Å². The molecule has 96 valence electrons. The minimum atomic E-state index is 0.124.